The van der Waals surface area contributed by atoms with Gasteiger partial charge in [-0.2, -0.15) is 0 Å². The third kappa shape index (κ3) is 2.36. The lowest BCUT2D eigenvalue weighted by atomic mass is 10.0. The minimum absolute atomic E-state index is 0.121. The molecule has 18 heavy (non-hydrogen) atoms. The Morgan fingerprint density at radius 2 is 1.94 bits per heavy atom. The molecule has 0 bridgehead atoms. The summed E-state index contributed by atoms with van der Waals surface area (Å²) in [4.78, 5) is 10.9. The minimum atomic E-state index is -1.04. The smallest absolute Gasteiger partial charge is 0.335 e. The molecule has 2 nitrogen and oxygen atoms in total. The predicted octanol–water partition coefficient (Wildman–Crippen LogP) is 4.15. The van der Waals surface area contributed by atoms with E-state index in [0.717, 1.165) is 0 Å². The van der Waals surface area contributed by atoms with Crippen molar-refractivity contribution in [2.75, 3.05) is 0 Å². The molecule has 0 aliphatic rings. The van der Waals surface area contributed by atoms with Crippen LogP contribution >= 0.6 is 11.6 Å². The summed E-state index contributed by atoms with van der Waals surface area (Å²) >= 11 is 6.01. The third-order valence-electron chi connectivity index (χ3n) is 2.70. The Balaban J connectivity index is 2.58. The SMILES string of the molecule is Cc1ccc(-c2cc(C(=O)O)ccc2Cl)cc1F. The average molecular weight is 265 g/mol. The Morgan fingerprint density at radius 3 is 2.56 bits per heavy atom. The second kappa shape index (κ2) is 4.78. The van der Waals surface area contributed by atoms with Crippen LogP contribution in [-0.4, -0.2) is 11.1 Å². The monoisotopic (exact) mass is 264 g/mol. The summed E-state index contributed by atoms with van der Waals surface area (Å²) in [5.41, 5.74) is 1.72. The Bertz CT molecular complexity index is 623. The highest BCUT2D eigenvalue weighted by Gasteiger charge is 2.10. The largest absolute Gasteiger partial charge is 0.478 e. The van der Waals surface area contributed by atoms with Gasteiger partial charge in [-0.1, -0.05) is 23.7 Å². The van der Waals surface area contributed by atoms with Crippen LogP contribution in [0.2, 0.25) is 5.02 Å². The maximum absolute atomic E-state index is 13.5. The number of aryl methyl sites for hydroxylation is 1. The van der Waals surface area contributed by atoms with E-state index in [4.69, 9.17) is 16.7 Å². The molecule has 2 aromatic carbocycles. The van der Waals surface area contributed by atoms with E-state index in [1.807, 2.05) is 0 Å². The fourth-order valence-corrected chi connectivity index (χ4v) is 1.87. The number of halogens is 2. The summed E-state index contributed by atoms with van der Waals surface area (Å²) in [7, 11) is 0. The minimum Gasteiger partial charge on any atom is -0.478 e. The van der Waals surface area contributed by atoms with Gasteiger partial charge in [-0.15, -0.1) is 0 Å². The van der Waals surface area contributed by atoms with Gasteiger partial charge in [0, 0.05) is 10.6 Å². The summed E-state index contributed by atoms with van der Waals surface area (Å²) in [5, 5.41) is 9.32. The molecule has 0 aromatic heterocycles. The molecule has 0 radical (unpaired) electrons. The van der Waals surface area contributed by atoms with Crippen molar-refractivity contribution in [2.45, 2.75) is 6.92 Å². The highest BCUT2D eigenvalue weighted by Crippen LogP contribution is 2.30. The lowest BCUT2D eigenvalue weighted by Gasteiger charge is -2.07. The van der Waals surface area contributed by atoms with Crippen LogP contribution in [-0.2, 0) is 0 Å². The number of carbonyl (C=O) groups is 1. The fourth-order valence-electron chi connectivity index (χ4n) is 1.64. The van der Waals surface area contributed by atoms with Crippen LogP contribution in [0.1, 0.15) is 15.9 Å². The molecule has 0 unspecified atom stereocenters. The van der Waals surface area contributed by atoms with E-state index in [2.05, 4.69) is 0 Å². The van der Waals surface area contributed by atoms with Crippen LogP contribution < -0.4 is 0 Å². The topological polar surface area (TPSA) is 37.3 Å². The molecule has 0 aliphatic heterocycles. The maximum Gasteiger partial charge on any atom is 0.335 e. The number of aromatic carboxylic acids is 1. The van der Waals surface area contributed by atoms with Gasteiger partial charge in [-0.3, -0.25) is 0 Å². The Kier molecular flexibility index (Phi) is 3.34. The van der Waals surface area contributed by atoms with E-state index >= 15 is 0 Å². The zero-order valence-electron chi connectivity index (χ0n) is 9.58. The van der Waals surface area contributed by atoms with Crippen molar-refractivity contribution in [1.29, 1.82) is 0 Å². The molecule has 4 heteroatoms. The summed E-state index contributed by atoms with van der Waals surface area (Å²) in [6.07, 6.45) is 0. The molecule has 0 amide bonds. The first-order valence-corrected chi connectivity index (χ1v) is 5.66. The molecule has 0 saturated carbocycles. The molecule has 2 rings (SSSR count). The van der Waals surface area contributed by atoms with Gasteiger partial charge in [-0.05, 0) is 42.3 Å². The van der Waals surface area contributed by atoms with Crippen LogP contribution in [0.3, 0.4) is 0 Å². The van der Waals surface area contributed by atoms with Gasteiger partial charge in [0.1, 0.15) is 5.82 Å². The molecule has 1 N–H and O–H groups in total. The van der Waals surface area contributed by atoms with Crippen molar-refractivity contribution >= 4 is 17.6 Å². The zero-order chi connectivity index (χ0) is 13.3. The van der Waals surface area contributed by atoms with Crippen molar-refractivity contribution in [3.8, 4) is 11.1 Å². The van der Waals surface area contributed by atoms with Gasteiger partial charge < -0.3 is 5.11 Å². The van der Waals surface area contributed by atoms with E-state index in [0.29, 0.717) is 21.7 Å². The van der Waals surface area contributed by atoms with Gasteiger partial charge in [0.15, 0.2) is 0 Å². The first-order chi connectivity index (χ1) is 8.49. The van der Waals surface area contributed by atoms with Gasteiger partial charge in [0.25, 0.3) is 0 Å². The summed E-state index contributed by atoms with van der Waals surface area (Å²) in [6, 6.07) is 9.05. The highest BCUT2D eigenvalue weighted by molar-refractivity contribution is 6.33. The number of carboxylic acid groups (broad SMARTS) is 1. The lowest BCUT2D eigenvalue weighted by molar-refractivity contribution is 0.0697. The lowest BCUT2D eigenvalue weighted by Crippen LogP contribution is -1.96. The van der Waals surface area contributed by atoms with Crippen LogP contribution in [0, 0.1) is 12.7 Å². The Hall–Kier alpha value is -1.87. The fraction of sp³-hybridized carbons (Fsp3) is 0.0714. The average Bonchev–Trinajstić information content (AvgIpc) is 2.33. The molecular formula is C14H10ClFO2. The van der Waals surface area contributed by atoms with Gasteiger partial charge in [0.05, 0.1) is 5.56 Å². The molecule has 2 aromatic rings. The first-order valence-electron chi connectivity index (χ1n) is 5.28. The number of hydrogen-bond acceptors (Lipinski definition) is 1. The van der Waals surface area contributed by atoms with E-state index < -0.39 is 5.97 Å². The second-order valence-electron chi connectivity index (χ2n) is 3.96. The molecule has 0 saturated heterocycles. The molecule has 0 atom stereocenters. The van der Waals surface area contributed by atoms with E-state index in [1.54, 1.807) is 19.1 Å². The molecule has 0 spiro atoms. The van der Waals surface area contributed by atoms with E-state index in [-0.39, 0.29) is 11.4 Å². The van der Waals surface area contributed by atoms with Gasteiger partial charge >= 0.3 is 5.97 Å². The number of rotatable bonds is 2. The van der Waals surface area contributed by atoms with Crippen LogP contribution in [0.15, 0.2) is 36.4 Å². The van der Waals surface area contributed by atoms with Crippen LogP contribution in [0.5, 0.6) is 0 Å². The number of hydrogen-bond donors (Lipinski definition) is 1. The molecular weight excluding hydrogens is 255 g/mol. The normalized spacial score (nSPS) is 10.4. The summed E-state index contributed by atoms with van der Waals surface area (Å²) in [5.74, 6) is -1.38. The predicted molar refractivity (Wildman–Crippen MR) is 68.5 cm³/mol. The van der Waals surface area contributed by atoms with Crippen molar-refractivity contribution < 1.29 is 14.3 Å². The molecule has 0 heterocycles. The molecule has 0 aliphatic carbocycles. The van der Waals surface area contributed by atoms with Crippen molar-refractivity contribution in [2.24, 2.45) is 0 Å². The van der Waals surface area contributed by atoms with Crippen molar-refractivity contribution in [3.63, 3.8) is 0 Å². The maximum atomic E-state index is 13.5. The van der Waals surface area contributed by atoms with Crippen molar-refractivity contribution in [3.05, 3.63) is 58.4 Å². The van der Waals surface area contributed by atoms with E-state index in [9.17, 15) is 9.18 Å². The standard InChI is InChI=1S/C14H10ClFO2/c1-8-2-3-9(7-13(8)16)11-6-10(14(17)18)4-5-12(11)15/h2-7H,1H3,(H,17,18). The second-order valence-corrected chi connectivity index (χ2v) is 4.37. The molecule has 92 valence electrons. The quantitative estimate of drug-likeness (QED) is 0.885. The first kappa shape index (κ1) is 12.6. The van der Waals surface area contributed by atoms with Gasteiger partial charge in [-0.25, -0.2) is 9.18 Å². The Labute approximate surface area is 109 Å². The summed E-state index contributed by atoms with van der Waals surface area (Å²) in [6.45, 7) is 1.66. The van der Waals surface area contributed by atoms with Crippen molar-refractivity contribution in [1.82, 2.24) is 0 Å². The van der Waals surface area contributed by atoms with Crippen LogP contribution in [0.25, 0.3) is 11.1 Å². The van der Waals surface area contributed by atoms with Crippen LogP contribution in [0.4, 0.5) is 4.39 Å². The van der Waals surface area contributed by atoms with Gasteiger partial charge in [0.2, 0.25) is 0 Å². The number of benzene rings is 2. The number of carboxylic acids is 1. The summed E-state index contributed by atoms with van der Waals surface area (Å²) < 4.78 is 13.5. The third-order valence-corrected chi connectivity index (χ3v) is 3.03. The zero-order valence-corrected chi connectivity index (χ0v) is 10.3. The Morgan fingerprint density at radius 1 is 1.22 bits per heavy atom. The van der Waals surface area contributed by atoms with E-state index in [1.165, 1.54) is 24.3 Å². The highest BCUT2D eigenvalue weighted by atomic mass is 35.5. The molecule has 0 fully saturated rings.